The number of nitrogens with one attached hydrogen (secondary N) is 2. The van der Waals surface area contributed by atoms with E-state index in [0.29, 0.717) is 12.2 Å². The lowest BCUT2D eigenvalue weighted by Crippen LogP contribution is -2.63. The topological polar surface area (TPSA) is 96.3 Å². The summed E-state index contributed by atoms with van der Waals surface area (Å²) in [5.74, 6) is -0.792. The maximum Gasteiger partial charge on any atom is 0.272 e. The third-order valence-corrected chi connectivity index (χ3v) is 5.50. The number of aromatic nitrogens is 2. The molecule has 0 unspecified atom stereocenters. The number of carbonyl (C=O) groups excluding carboxylic acids is 3. The molecule has 0 saturated heterocycles. The maximum atomic E-state index is 13.0. The zero-order valence-electron chi connectivity index (χ0n) is 15.7. The zero-order valence-corrected chi connectivity index (χ0v) is 15.7. The second-order valence-corrected chi connectivity index (χ2v) is 7.38. The van der Waals surface area contributed by atoms with Crippen LogP contribution in [-0.2, 0) is 11.3 Å². The van der Waals surface area contributed by atoms with Crippen molar-refractivity contribution in [1.29, 1.82) is 0 Å². The van der Waals surface area contributed by atoms with Crippen LogP contribution in [0.5, 0.6) is 0 Å². The van der Waals surface area contributed by atoms with E-state index in [4.69, 9.17) is 0 Å². The van der Waals surface area contributed by atoms with Crippen LogP contribution in [0.25, 0.3) is 0 Å². The molecule has 8 nitrogen and oxygen atoms in total. The van der Waals surface area contributed by atoms with Crippen molar-refractivity contribution in [2.24, 2.45) is 0 Å². The fraction of sp³-hybridized carbons (Fsp3) is 0.667. The van der Waals surface area contributed by atoms with E-state index in [-0.39, 0.29) is 36.0 Å². The van der Waals surface area contributed by atoms with Crippen molar-refractivity contribution in [3.8, 4) is 0 Å². The Labute approximate surface area is 153 Å². The summed E-state index contributed by atoms with van der Waals surface area (Å²) in [4.78, 5) is 39.2. The fourth-order valence-corrected chi connectivity index (χ4v) is 3.68. The van der Waals surface area contributed by atoms with Gasteiger partial charge < -0.3 is 15.5 Å². The summed E-state index contributed by atoms with van der Waals surface area (Å²) in [6.07, 6.45) is 5.41. The van der Waals surface area contributed by atoms with Crippen molar-refractivity contribution in [2.45, 2.75) is 64.1 Å². The largest absolute Gasteiger partial charge is 0.351 e. The molecular formula is C18H27N5O3. The van der Waals surface area contributed by atoms with Gasteiger partial charge in [-0.1, -0.05) is 19.3 Å². The van der Waals surface area contributed by atoms with Crippen molar-refractivity contribution in [3.63, 3.8) is 0 Å². The van der Waals surface area contributed by atoms with Crippen LogP contribution in [0, 0.1) is 0 Å². The van der Waals surface area contributed by atoms with Gasteiger partial charge in [-0.05, 0) is 26.7 Å². The minimum Gasteiger partial charge on any atom is -0.351 e. The molecule has 1 fully saturated rings. The van der Waals surface area contributed by atoms with Crippen LogP contribution in [0.3, 0.4) is 0 Å². The normalized spacial score (nSPS) is 23.5. The van der Waals surface area contributed by atoms with Crippen molar-refractivity contribution in [3.05, 3.63) is 17.5 Å². The summed E-state index contributed by atoms with van der Waals surface area (Å²) >= 11 is 0. The van der Waals surface area contributed by atoms with Crippen molar-refractivity contribution >= 4 is 17.7 Å². The summed E-state index contributed by atoms with van der Waals surface area (Å²) in [6.45, 7) is 4.28. The Bertz CT molecular complexity index is 722. The average Bonchev–Trinajstić information content (AvgIpc) is 3.05. The second kappa shape index (κ2) is 7.09. The predicted octanol–water partition coefficient (Wildman–Crippen LogP) is 0.926. The molecule has 1 aromatic heterocycles. The maximum absolute atomic E-state index is 13.0. The van der Waals surface area contributed by atoms with Crippen LogP contribution < -0.4 is 10.6 Å². The molecular weight excluding hydrogens is 334 g/mol. The molecule has 1 atom stereocenters. The van der Waals surface area contributed by atoms with E-state index in [1.807, 2.05) is 6.92 Å². The van der Waals surface area contributed by atoms with Gasteiger partial charge in [0, 0.05) is 25.7 Å². The highest BCUT2D eigenvalue weighted by Crippen LogP contribution is 2.27. The molecule has 2 heterocycles. The molecule has 3 amide bonds. The lowest BCUT2D eigenvalue weighted by molar-refractivity contribution is -0.133. The number of likely N-dealkylation sites (N-methyl/N-ethyl adjacent to an activating group) is 1. The number of rotatable bonds is 4. The van der Waals surface area contributed by atoms with Gasteiger partial charge in [0.15, 0.2) is 5.69 Å². The van der Waals surface area contributed by atoms with Crippen LogP contribution in [0.4, 0.5) is 0 Å². The van der Waals surface area contributed by atoms with Gasteiger partial charge in [-0.2, -0.15) is 5.10 Å². The number of amides is 3. The van der Waals surface area contributed by atoms with E-state index < -0.39 is 5.54 Å². The standard InChI is InChI=1S/C18H27N5O3/c1-4-19-15(24)13-10-14-16(25)22(3)18(2,11-23(14)21-13)17(26)20-12-8-6-5-7-9-12/h10,12H,4-9,11H2,1-3H3,(H,19,24)(H,20,26)/t18-/m0/s1. The number of fused-ring (bicyclic) bond motifs is 1. The van der Waals surface area contributed by atoms with E-state index in [1.165, 1.54) is 22.1 Å². The number of hydrogen-bond acceptors (Lipinski definition) is 4. The first-order valence-corrected chi connectivity index (χ1v) is 9.32. The van der Waals surface area contributed by atoms with Crippen LogP contribution in [0.1, 0.15) is 66.9 Å². The number of carbonyl (C=O) groups is 3. The molecule has 1 aliphatic carbocycles. The second-order valence-electron chi connectivity index (χ2n) is 7.38. The van der Waals surface area contributed by atoms with Crippen LogP contribution >= 0.6 is 0 Å². The molecule has 0 radical (unpaired) electrons. The third-order valence-electron chi connectivity index (χ3n) is 5.50. The summed E-state index contributed by atoms with van der Waals surface area (Å²) in [6, 6.07) is 1.66. The van der Waals surface area contributed by atoms with Gasteiger partial charge in [-0.3, -0.25) is 19.1 Å². The van der Waals surface area contributed by atoms with Crippen LogP contribution in [-0.4, -0.2) is 57.6 Å². The Morgan fingerprint density at radius 2 is 2.00 bits per heavy atom. The molecule has 3 rings (SSSR count). The van der Waals surface area contributed by atoms with Crippen molar-refractivity contribution in [1.82, 2.24) is 25.3 Å². The molecule has 142 valence electrons. The Hall–Kier alpha value is -2.38. The van der Waals surface area contributed by atoms with Gasteiger partial charge in [-0.15, -0.1) is 0 Å². The first-order chi connectivity index (χ1) is 12.4. The van der Waals surface area contributed by atoms with Gasteiger partial charge in [0.25, 0.3) is 11.8 Å². The van der Waals surface area contributed by atoms with Gasteiger partial charge in [0.2, 0.25) is 5.91 Å². The minimum absolute atomic E-state index is 0.166. The SMILES string of the molecule is CCNC(=O)c1cc2n(n1)C[C@@](C)(C(=O)NC1CCCCC1)N(C)C2=O. The quantitative estimate of drug-likeness (QED) is 0.834. The molecule has 1 aromatic rings. The molecule has 2 aliphatic rings. The molecule has 0 spiro atoms. The minimum atomic E-state index is -1.04. The molecule has 8 heteroatoms. The average molecular weight is 361 g/mol. The molecule has 2 N–H and O–H groups in total. The van der Waals surface area contributed by atoms with Crippen LogP contribution in [0.15, 0.2) is 6.07 Å². The molecule has 0 bridgehead atoms. The summed E-state index contributed by atoms with van der Waals surface area (Å²) in [5.41, 5.74) is -0.510. The van der Waals surface area contributed by atoms with Gasteiger partial charge >= 0.3 is 0 Å². The lowest BCUT2D eigenvalue weighted by Gasteiger charge is -2.41. The summed E-state index contributed by atoms with van der Waals surface area (Å²) in [5, 5.41) is 10.0. The Kier molecular flexibility index (Phi) is 5.02. The Balaban J connectivity index is 1.82. The van der Waals surface area contributed by atoms with Gasteiger partial charge in [-0.25, -0.2) is 0 Å². The Morgan fingerprint density at radius 1 is 1.31 bits per heavy atom. The fourth-order valence-electron chi connectivity index (χ4n) is 3.68. The van der Waals surface area contributed by atoms with Crippen LogP contribution in [0.2, 0.25) is 0 Å². The van der Waals surface area contributed by atoms with E-state index in [1.54, 1.807) is 14.0 Å². The molecule has 26 heavy (non-hydrogen) atoms. The highest BCUT2D eigenvalue weighted by molar-refractivity contribution is 6.01. The highest BCUT2D eigenvalue weighted by Gasteiger charge is 2.46. The van der Waals surface area contributed by atoms with E-state index in [0.717, 1.165) is 25.7 Å². The predicted molar refractivity (Wildman–Crippen MR) is 95.7 cm³/mol. The van der Waals surface area contributed by atoms with E-state index in [9.17, 15) is 14.4 Å². The van der Waals surface area contributed by atoms with Crippen molar-refractivity contribution in [2.75, 3.05) is 13.6 Å². The zero-order chi connectivity index (χ0) is 18.9. The first-order valence-electron chi connectivity index (χ1n) is 9.32. The molecule has 1 saturated carbocycles. The highest BCUT2D eigenvalue weighted by atomic mass is 16.2. The van der Waals surface area contributed by atoms with E-state index in [2.05, 4.69) is 15.7 Å². The smallest absolute Gasteiger partial charge is 0.272 e. The van der Waals surface area contributed by atoms with Gasteiger partial charge in [0.1, 0.15) is 11.2 Å². The van der Waals surface area contributed by atoms with E-state index >= 15 is 0 Å². The number of nitrogens with zero attached hydrogens (tertiary/aromatic N) is 3. The monoisotopic (exact) mass is 361 g/mol. The first kappa shape index (κ1) is 18.4. The third kappa shape index (κ3) is 3.20. The lowest BCUT2D eigenvalue weighted by atomic mass is 9.92. The summed E-state index contributed by atoms with van der Waals surface area (Å²) in [7, 11) is 1.63. The molecule has 1 aliphatic heterocycles. The number of hydrogen-bond donors (Lipinski definition) is 2. The Morgan fingerprint density at radius 3 is 2.65 bits per heavy atom. The summed E-state index contributed by atoms with van der Waals surface area (Å²) < 4.78 is 1.48. The van der Waals surface area contributed by atoms with Gasteiger partial charge in [0.05, 0.1) is 6.54 Å². The van der Waals surface area contributed by atoms with Crippen molar-refractivity contribution < 1.29 is 14.4 Å². The molecule has 0 aromatic carbocycles.